The molecule has 27 heavy (non-hydrogen) atoms. The van der Waals surface area contributed by atoms with Crippen LogP contribution in [0.2, 0.25) is 0 Å². The van der Waals surface area contributed by atoms with Gasteiger partial charge in [0.25, 0.3) is 5.91 Å². The van der Waals surface area contributed by atoms with E-state index in [2.05, 4.69) is 0 Å². The quantitative estimate of drug-likeness (QED) is 0.591. The monoisotopic (exact) mass is 377 g/mol. The standard InChI is InChI=1S/C18H17F2N3O4/c19-13-1-4-15(5-2-13)21-7-9-22(10-8-21)18(24)12-27-17-11-14(20)3-6-16(17)23(25)26/h1-6,11H,7-10,12H2. The van der Waals surface area contributed by atoms with Gasteiger partial charge in [0.2, 0.25) is 5.75 Å². The van der Waals surface area contributed by atoms with E-state index in [1.165, 1.54) is 12.1 Å². The summed E-state index contributed by atoms with van der Waals surface area (Å²) in [7, 11) is 0. The van der Waals surface area contributed by atoms with Crippen LogP contribution in [0.15, 0.2) is 42.5 Å². The Hall–Kier alpha value is -3.23. The second-order valence-electron chi connectivity index (χ2n) is 6.00. The van der Waals surface area contributed by atoms with E-state index in [4.69, 9.17) is 4.74 Å². The van der Waals surface area contributed by atoms with Gasteiger partial charge in [0.15, 0.2) is 6.61 Å². The third kappa shape index (κ3) is 4.49. The first kappa shape index (κ1) is 18.6. The summed E-state index contributed by atoms with van der Waals surface area (Å²) in [6.45, 7) is 1.59. The lowest BCUT2D eigenvalue weighted by Gasteiger charge is -2.36. The van der Waals surface area contributed by atoms with Crippen LogP contribution >= 0.6 is 0 Å². The highest BCUT2D eigenvalue weighted by molar-refractivity contribution is 5.78. The van der Waals surface area contributed by atoms with Crippen molar-refractivity contribution >= 4 is 17.3 Å². The van der Waals surface area contributed by atoms with E-state index in [0.29, 0.717) is 26.2 Å². The zero-order chi connectivity index (χ0) is 19.4. The molecule has 0 unspecified atom stereocenters. The van der Waals surface area contributed by atoms with E-state index in [1.807, 2.05) is 4.90 Å². The van der Waals surface area contributed by atoms with Gasteiger partial charge in [-0.05, 0) is 30.3 Å². The van der Waals surface area contributed by atoms with Crippen molar-refractivity contribution in [2.75, 3.05) is 37.7 Å². The molecule has 1 heterocycles. The van der Waals surface area contributed by atoms with Gasteiger partial charge in [-0.25, -0.2) is 8.78 Å². The van der Waals surface area contributed by atoms with Crippen molar-refractivity contribution in [1.29, 1.82) is 0 Å². The number of anilines is 1. The summed E-state index contributed by atoms with van der Waals surface area (Å²) in [6, 6.07) is 8.97. The Bertz CT molecular complexity index is 837. The molecule has 2 aromatic rings. The first-order valence-corrected chi connectivity index (χ1v) is 8.29. The predicted molar refractivity (Wildman–Crippen MR) is 93.7 cm³/mol. The molecule has 1 fully saturated rings. The van der Waals surface area contributed by atoms with Crippen LogP contribution in [0.5, 0.6) is 5.75 Å². The second-order valence-corrected chi connectivity index (χ2v) is 6.00. The van der Waals surface area contributed by atoms with E-state index in [1.54, 1.807) is 17.0 Å². The number of nitro benzene ring substituents is 1. The van der Waals surface area contributed by atoms with Crippen molar-refractivity contribution in [3.05, 3.63) is 64.2 Å². The van der Waals surface area contributed by atoms with Gasteiger partial charge < -0.3 is 14.5 Å². The normalized spacial score (nSPS) is 14.1. The van der Waals surface area contributed by atoms with Crippen molar-refractivity contribution in [2.24, 2.45) is 0 Å². The fraction of sp³-hybridized carbons (Fsp3) is 0.278. The molecule has 0 radical (unpaired) electrons. The number of nitrogens with zero attached hydrogens (tertiary/aromatic N) is 3. The minimum absolute atomic E-state index is 0.279. The van der Waals surface area contributed by atoms with E-state index in [9.17, 15) is 23.7 Å². The molecule has 0 N–H and O–H groups in total. The van der Waals surface area contributed by atoms with E-state index < -0.39 is 23.0 Å². The molecule has 2 aromatic carbocycles. The van der Waals surface area contributed by atoms with Crippen LogP contribution in [0.3, 0.4) is 0 Å². The number of carbonyl (C=O) groups excluding carboxylic acids is 1. The van der Waals surface area contributed by atoms with Gasteiger partial charge in [0, 0.05) is 44.0 Å². The third-order valence-electron chi connectivity index (χ3n) is 4.29. The SMILES string of the molecule is O=C(COc1cc(F)ccc1[N+](=O)[O-])N1CCN(c2ccc(F)cc2)CC1. The number of benzene rings is 2. The fourth-order valence-corrected chi connectivity index (χ4v) is 2.85. The predicted octanol–water partition coefficient (Wildman–Crippen LogP) is 2.60. The Morgan fingerprint density at radius 1 is 1.04 bits per heavy atom. The molecule has 0 bridgehead atoms. The molecule has 142 valence electrons. The van der Waals surface area contributed by atoms with Crippen LogP contribution in [0.25, 0.3) is 0 Å². The van der Waals surface area contributed by atoms with E-state index in [0.717, 1.165) is 23.9 Å². The van der Waals surface area contributed by atoms with Crippen molar-refractivity contribution in [2.45, 2.75) is 0 Å². The molecule has 0 saturated carbocycles. The molecule has 1 aliphatic heterocycles. The maximum Gasteiger partial charge on any atom is 0.311 e. The second kappa shape index (κ2) is 7.98. The minimum atomic E-state index is -0.694. The molecule has 0 atom stereocenters. The van der Waals surface area contributed by atoms with Crippen molar-refractivity contribution in [3.8, 4) is 5.75 Å². The smallest absolute Gasteiger partial charge is 0.311 e. The van der Waals surface area contributed by atoms with Crippen LogP contribution in [-0.2, 0) is 4.79 Å². The van der Waals surface area contributed by atoms with Crippen LogP contribution in [-0.4, -0.2) is 48.5 Å². The van der Waals surface area contributed by atoms with Crippen molar-refractivity contribution in [3.63, 3.8) is 0 Å². The topological polar surface area (TPSA) is 75.9 Å². The number of halogens is 2. The van der Waals surface area contributed by atoms with Crippen LogP contribution < -0.4 is 9.64 Å². The zero-order valence-corrected chi connectivity index (χ0v) is 14.3. The molecule has 1 aliphatic rings. The number of carbonyl (C=O) groups is 1. The summed E-state index contributed by atoms with van der Waals surface area (Å²) >= 11 is 0. The lowest BCUT2D eigenvalue weighted by atomic mass is 10.2. The van der Waals surface area contributed by atoms with Crippen LogP contribution in [0.4, 0.5) is 20.2 Å². The Labute approximate surface area is 153 Å². The Morgan fingerprint density at radius 2 is 1.67 bits per heavy atom. The van der Waals surface area contributed by atoms with Crippen LogP contribution in [0.1, 0.15) is 0 Å². The number of nitro groups is 1. The number of hydrogen-bond donors (Lipinski definition) is 0. The minimum Gasteiger partial charge on any atom is -0.477 e. The summed E-state index contributed by atoms with van der Waals surface area (Å²) in [5.41, 5.74) is 0.473. The van der Waals surface area contributed by atoms with Crippen molar-refractivity contribution < 1.29 is 23.2 Å². The van der Waals surface area contributed by atoms with Crippen LogP contribution in [0, 0.1) is 21.7 Å². The highest BCUT2D eigenvalue weighted by Crippen LogP contribution is 2.27. The third-order valence-corrected chi connectivity index (χ3v) is 4.29. The molecular formula is C18H17F2N3O4. The first-order chi connectivity index (χ1) is 12.9. The van der Waals surface area contributed by atoms with Gasteiger partial charge in [-0.1, -0.05) is 0 Å². The van der Waals surface area contributed by atoms with Crippen molar-refractivity contribution in [1.82, 2.24) is 4.90 Å². The number of amides is 1. The van der Waals surface area contributed by atoms with E-state index in [-0.39, 0.29) is 17.5 Å². The molecule has 0 aromatic heterocycles. The molecule has 0 spiro atoms. The van der Waals surface area contributed by atoms with Gasteiger partial charge in [-0.15, -0.1) is 0 Å². The zero-order valence-electron chi connectivity index (χ0n) is 14.3. The molecule has 3 rings (SSSR count). The van der Waals surface area contributed by atoms with Gasteiger partial charge in [0.1, 0.15) is 11.6 Å². The Balaban J connectivity index is 1.55. The first-order valence-electron chi connectivity index (χ1n) is 8.29. The molecule has 1 amide bonds. The maximum absolute atomic E-state index is 13.3. The number of ether oxygens (including phenoxy) is 1. The largest absolute Gasteiger partial charge is 0.477 e. The maximum atomic E-state index is 13.3. The van der Waals surface area contributed by atoms with E-state index >= 15 is 0 Å². The molecular weight excluding hydrogens is 360 g/mol. The van der Waals surface area contributed by atoms with Gasteiger partial charge in [-0.3, -0.25) is 14.9 Å². The highest BCUT2D eigenvalue weighted by atomic mass is 19.1. The lowest BCUT2D eigenvalue weighted by molar-refractivity contribution is -0.385. The van der Waals surface area contributed by atoms with Gasteiger partial charge >= 0.3 is 5.69 Å². The molecule has 7 nitrogen and oxygen atoms in total. The summed E-state index contributed by atoms with van der Waals surface area (Å²) < 4.78 is 31.5. The number of hydrogen-bond acceptors (Lipinski definition) is 5. The summed E-state index contributed by atoms with van der Waals surface area (Å²) in [6.07, 6.45) is 0. The summed E-state index contributed by atoms with van der Waals surface area (Å²) in [5.74, 6) is -1.61. The molecule has 0 aliphatic carbocycles. The van der Waals surface area contributed by atoms with Gasteiger partial charge in [0.05, 0.1) is 4.92 Å². The Morgan fingerprint density at radius 3 is 2.30 bits per heavy atom. The summed E-state index contributed by atoms with van der Waals surface area (Å²) in [4.78, 5) is 26.2. The highest BCUT2D eigenvalue weighted by Gasteiger charge is 2.23. The fourth-order valence-electron chi connectivity index (χ4n) is 2.85. The summed E-state index contributed by atoms with van der Waals surface area (Å²) in [5, 5.41) is 11.0. The molecule has 1 saturated heterocycles. The lowest BCUT2D eigenvalue weighted by Crippen LogP contribution is -2.50. The number of rotatable bonds is 5. The molecule has 9 heteroatoms. The Kier molecular flexibility index (Phi) is 5.49. The van der Waals surface area contributed by atoms with Gasteiger partial charge in [-0.2, -0.15) is 0 Å². The average molecular weight is 377 g/mol. The number of piperazine rings is 1. The average Bonchev–Trinajstić information content (AvgIpc) is 2.66.